The van der Waals surface area contributed by atoms with Gasteiger partial charge in [-0.25, -0.2) is 9.10 Å². The second-order valence-electron chi connectivity index (χ2n) is 7.33. The third kappa shape index (κ3) is 5.58. The molecule has 3 aromatic rings. The number of hydrogen-bond donors (Lipinski definition) is 3. The largest absolute Gasteiger partial charge is 0.495 e. The number of amides is 3. The molecule has 0 bridgehead atoms. The minimum absolute atomic E-state index is 0.297. The molecule has 0 aliphatic heterocycles. The summed E-state index contributed by atoms with van der Waals surface area (Å²) in [6, 6.07) is 17.6. The molecule has 0 unspecified atom stereocenters. The Labute approximate surface area is 187 Å². The highest BCUT2D eigenvalue weighted by Gasteiger charge is 2.19. The zero-order valence-electron chi connectivity index (χ0n) is 17.9. The molecule has 0 saturated heterocycles. The highest BCUT2D eigenvalue weighted by molar-refractivity contribution is 7.82. The van der Waals surface area contributed by atoms with Gasteiger partial charge in [0.1, 0.15) is 5.75 Å². The normalized spacial score (nSPS) is 10.4. The van der Waals surface area contributed by atoms with E-state index in [1.807, 2.05) is 57.2 Å². The Kier molecular flexibility index (Phi) is 6.87. The monoisotopic (exact) mass is 435 g/mol. The van der Waals surface area contributed by atoms with Gasteiger partial charge in [-0.1, -0.05) is 31.0 Å². The number of aryl methyl sites for hydroxylation is 3. The van der Waals surface area contributed by atoms with Crippen molar-refractivity contribution in [3.63, 3.8) is 0 Å². The molecule has 0 spiro atoms. The molecule has 0 fully saturated rings. The highest BCUT2D eigenvalue weighted by atomic mass is 32.1. The summed E-state index contributed by atoms with van der Waals surface area (Å²) in [5, 5.41) is 5.68. The molecule has 3 aromatic carbocycles. The van der Waals surface area contributed by atoms with Gasteiger partial charge in [0.15, 0.2) is 0 Å². The summed E-state index contributed by atoms with van der Waals surface area (Å²) in [7, 11) is 1.49. The number of nitrogens with zero attached hydrogens (tertiary/aromatic N) is 1. The van der Waals surface area contributed by atoms with Crippen LogP contribution in [-0.4, -0.2) is 19.0 Å². The smallest absolute Gasteiger partial charge is 0.336 e. The van der Waals surface area contributed by atoms with Crippen LogP contribution in [0.3, 0.4) is 0 Å². The van der Waals surface area contributed by atoms with Crippen molar-refractivity contribution >= 4 is 41.8 Å². The van der Waals surface area contributed by atoms with E-state index in [-0.39, 0.29) is 5.91 Å². The van der Waals surface area contributed by atoms with Crippen molar-refractivity contribution in [2.24, 2.45) is 0 Å². The highest BCUT2D eigenvalue weighted by Crippen LogP contribution is 2.31. The van der Waals surface area contributed by atoms with Crippen molar-refractivity contribution in [2.75, 3.05) is 22.0 Å². The molecule has 3 rings (SSSR count). The predicted octanol–water partition coefficient (Wildman–Crippen LogP) is 5.76. The second kappa shape index (κ2) is 9.57. The molecule has 0 atom stereocenters. The number of rotatable bonds is 5. The van der Waals surface area contributed by atoms with Gasteiger partial charge in [-0.2, -0.15) is 0 Å². The summed E-state index contributed by atoms with van der Waals surface area (Å²) in [6.07, 6.45) is 0. The second-order valence-corrected chi connectivity index (χ2v) is 7.73. The first-order valence-corrected chi connectivity index (χ1v) is 10.1. The summed E-state index contributed by atoms with van der Waals surface area (Å²) in [5.74, 6) is 0.118. The Morgan fingerprint density at radius 2 is 1.52 bits per heavy atom. The summed E-state index contributed by atoms with van der Waals surface area (Å²) in [6.45, 7) is 5.88. The van der Waals surface area contributed by atoms with Crippen LogP contribution in [0.1, 0.15) is 27.0 Å². The van der Waals surface area contributed by atoms with Crippen molar-refractivity contribution in [3.05, 3.63) is 82.9 Å². The van der Waals surface area contributed by atoms with E-state index in [0.29, 0.717) is 28.4 Å². The average molecular weight is 436 g/mol. The minimum Gasteiger partial charge on any atom is -0.495 e. The van der Waals surface area contributed by atoms with E-state index in [0.717, 1.165) is 21.0 Å². The lowest BCUT2D eigenvalue weighted by atomic mass is 10.1. The molecule has 0 heterocycles. The van der Waals surface area contributed by atoms with Crippen LogP contribution in [0.4, 0.5) is 21.9 Å². The number of benzene rings is 3. The summed E-state index contributed by atoms with van der Waals surface area (Å²) in [4.78, 5) is 25.5. The van der Waals surface area contributed by atoms with E-state index in [4.69, 9.17) is 4.74 Å². The fourth-order valence-electron chi connectivity index (χ4n) is 3.26. The molecule has 6 nitrogen and oxygen atoms in total. The van der Waals surface area contributed by atoms with E-state index < -0.39 is 6.03 Å². The molecule has 3 amide bonds. The molecule has 0 aliphatic rings. The van der Waals surface area contributed by atoms with E-state index in [1.165, 1.54) is 7.11 Å². The van der Waals surface area contributed by atoms with E-state index in [1.54, 1.807) is 24.3 Å². The van der Waals surface area contributed by atoms with Crippen LogP contribution in [0.5, 0.6) is 5.75 Å². The minimum atomic E-state index is -0.473. The molecule has 0 aliphatic carbocycles. The van der Waals surface area contributed by atoms with Crippen LogP contribution in [0.15, 0.2) is 60.7 Å². The van der Waals surface area contributed by atoms with Crippen LogP contribution in [0.25, 0.3) is 0 Å². The van der Waals surface area contributed by atoms with Crippen LogP contribution in [-0.2, 0) is 0 Å². The Bertz CT molecular complexity index is 1110. The molecule has 2 N–H and O–H groups in total. The number of anilines is 3. The van der Waals surface area contributed by atoms with Crippen molar-refractivity contribution < 1.29 is 14.3 Å². The standard InChI is InChI=1S/C24H25N3O3S/c1-15-6-5-7-19(11-15)26-24(29)27(31)21-14-18(8-9-22(21)30-4)23(28)25-20-12-16(2)10-17(3)13-20/h5-14,31H,1-4H3,(H,25,28)(H,26,29). The number of methoxy groups -OCH3 is 1. The Balaban J connectivity index is 1.83. The van der Waals surface area contributed by atoms with Crippen molar-refractivity contribution in [1.82, 2.24) is 0 Å². The van der Waals surface area contributed by atoms with Crippen LogP contribution < -0.4 is 19.7 Å². The maximum absolute atomic E-state index is 12.8. The van der Waals surface area contributed by atoms with E-state index >= 15 is 0 Å². The maximum Gasteiger partial charge on any atom is 0.336 e. The Hall–Kier alpha value is -3.45. The lowest BCUT2D eigenvalue weighted by molar-refractivity contribution is 0.102. The lowest BCUT2D eigenvalue weighted by Gasteiger charge is -2.20. The Morgan fingerprint density at radius 3 is 2.16 bits per heavy atom. The zero-order chi connectivity index (χ0) is 22.5. The maximum atomic E-state index is 12.8. The lowest BCUT2D eigenvalue weighted by Crippen LogP contribution is -2.27. The number of carbonyl (C=O) groups is 2. The average Bonchev–Trinajstić information content (AvgIpc) is 2.72. The van der Waals surface area contributed by atoms with E-state index in [9.17, 15) is 9.59 Å². The number of ether oxygens (including phenoxy) is 1. The first-order chi connectivity index (χ1) is 14.8. The number of hydrogen-bond acceptors (Lipinski definition) is 4. The first kappa shape index (κ1) is 22.2. The summed E-state index contributed by atoms with van der Waals surface area (Å²) in [5.41, 5.74) is 5.21. The third-order valence-electron chi connectivity index (χ3n) is 4.61. The first-order valence-electron chi connectivity index (χ1n) is 9.71. The molecule has 0 aromatic heterocycles. The quantitative estimate of drug-likeness (QED) is 0.447. The Morgan fingerprint density at radius 1 is 0.839 bits per heavy atom. The molecule has 31 heavy (non-hydrogen) atoms. The zero-order valence-corrected chi connectivity index (χ0v) is 18.8. The fourth-order valence-corrected chi connectivity index (χ4v) is 3.46. The number of nitrogens with one attached hydrogen (secondary N) is 2. The number of carbonyl (C=O) groups excluding carboxylic acids is 2. The summed E-state index contributed by atoms with van der Waals surface area (Å²) < 4.78 is 6.49. The van der Waals surface area contributed by atoms with Crippen molar-refractivity contribution in [1.29, 1.82) is 0 Å². The van der Waals surface area contributed by atoms with Crippen LogP contribution >= 0.6 is 12.8 Å². The van der Waals surface area contributed by atoms with Gasteiger partial charge in [0.05, 0.1) is 12.8 Å². The fraction of sp³-hybridized carbons (Fsp3) is 0.167. The predicted molar refractivity (Wildman–Crippen MR) is 129 cm³/mol. The van der Waals surface area contributed by atoms with Gasteiger partial charge in [0.2, 0.25) is 0 Å². The third-order valence-corrected chi connectivity index (χ3v) is 5.01. The van der Waals surface area contributed by atoms with Crippen LogP contribution in [0.2, 0.25) is 0 Å². The van der Waals surface area contributed by atoms with E-state index in [2.05, 4.69) is 23.4 Å². The van der Waals surface area contributed by atoms with Crippen molar-refractivity contribution in [3.8, 4) is 5.75 Å². The number of thiol groups is 1. The topological polar surface area (TPSA) is 70.7 Å². The molecular weight excluding hydrogens is 410 g/mol. The van der Waals surface area contributed by atoms with Gasteiger partial charge in [0.25, 0.3) is 5.91 Å². The van der Waals surface area contributed by atoms with Crippen molar-refractivity contribution in [2.45, 2.75) is 20.8 Å². The van der Waals surface area contributed by atoms with Gasteiger partial charge in [0, 0.05) is 16.9 Å². The van der Waals surface area contributed by atoms with Gasteiger partial charge in [-0.3, -0.25) is 4.79 Å². The summed E-state index contributed by atoms with van der Waals surface area (Å²) >= 11 is 4.35. The molecule has 7 heteroatoms. The van der Waals surface area contributed by atoms with Gasteiger partial charge in [-0.05, 0) is 79.9 Å². The van der Waals surface area contributed by atoms with Gasteiger partial charge in [-0.15, -0.1) is 0 Å². The molecule has 0 saturated carbocycles. The number of urea groups is 1. The molecule has 160 valence electrons. The molecular formula is C24H25N3O3S. The van der Waals surface area contributed by atoms with Crippen LogP contribution in [0, 0.1) is 20.8 Å². The SMILES string of the molecule is COc1ccc(C(=O)Nc2cc(C)cc(C)c2)cc1N(S)C(=O)Nc1cccc(C)c1. The molecule has 0 radical (unpaired) electrons. The van der Waals surface area contributed by atoms with Gasteiger partial charge < -0.3 is 15.4 Å². The van der Waals surface area contributed by atoms with Gasteiger partial charge >= 0.3 is 6.03 Å².